The van der Waals surface area contributed by atoms with E-state index in [0.717, 1.165) is 17.1 Å². The van der Waals surface area contributed by atoms with Crippen LogP contribution in [0.15, 0.2) is 231 Å². The zero-order valence-corrected chi connectivity index (χ0v) is 36.0. The van der Waals surface area contributed by atoms with Crippen molar-refractivity contribution in [2.24, 2.45) is 0 Å². The minimum atomic E-state index is -0.514. The summed E-state index contributed by atoms with van der Waals surface area (Å²) in [5.74, 6) is 0.576. The third-order valence-corrected chi connectivity index (χ3v) is 14.3. The summed E-state index contributed by atoms with van der Waals surface area (Å²) in [6.07, 6.45) is 6.46. The van der Waals surface area contributed by atoms with Gasteiger partial charge in [-0.25, -0.2) is 0 Å². The Balaban J connectivity index is 1.08. The molecule has 0 aliphatic heterocycles. The molecule has 2 aliphatic carbocycles. The van der Waals surface area contributed by atoms with Gasteiger partial charge in [0.1, 0.15) is 0 Å². The van der Waals surface area contributed by atoms with Crippen molar-refractivity contribution in [3.8, 4) is 33.4 Å². The molecule has 0 heterocycles. The van der Waals surface area contributed by atoms with Crippen LogP contribution in [0.4, 0.5) is 17.1 Å². The third kappa shape index (κ3) is 6.29. The Labute approximate surface area is 376 Å². The molecule has 2 aliphatic rings. The maximum absolute atomic E-state index is 2.51. The van der Waals surface area contributed by atoms with E-state index in [1.54, 1.807) is 0 Å². The van der Waals surface area contributed by atoms with Gasteiger partial charge in [-0.3, -0.25) is 0 Å². The van der Waals surface area contributed by atoms with Crippen LogP contribution in [0, 0.1) is 0 Å². The zero-order valence-electron chi connectivity index (χ0n) is 36.0. The Bertz CT molecular complexity index is 3270. The predicted octanol–water partition coefficient (Wildman–Crippen LogP) is 17.2. The fourth-order valence-electron chi connectivity index (χ4n) is 11.4. The topological polar surface area (TPSA) is 3.24 Å². The van der Waals surface area contributed by atoms with E-state index in [9.17, 15) is 0 Å². The lowest BCUT2D eigenvalue weighted by atomic mass is 9.67. The van der Waals surface area contributed by atoms with Gasteiger partial charge in [0.25, 0.3) is 0 Å². The predicted molar refractivity (Wildman–Crippen MR) is 270 cm³/mol. The third-order valence-electron chi connectivity index (χ3n) is 14.3. The van der Waals surface area contributed by atoms with E-state index < -0.39 is 5.41 Å². The van der Waals surface area contributed by atoms with Crippen molar-refractivity contribution in [1.29, 1.82) is 0 Å². The van der Waals surface area contributed by atoms with Crippen LogP contribution in [0.1, 0.15) is 65.8 Å². The summed E-state index contributed by atoms with van der Waals surface area (Å²) in [4.78, 5) is 2.51. The Hall–Kier alpha value is -7.48. The van der Waals surface area contributed by atoms with Gasteiger partial charge < -0.3 is 4.90 Å². The molecule has 12 rings (SSSR count). The van der Waals surface area contributed by atoms with Gasteiger partial charge in [0.15, 0.2) is 0 Å². The van der Waals surface area contributed by atoms with Gasteiger partial charge >= 0.3 is 0 Å². The fourth-order valence-corrected chi connectivity index (χ4v) is 11.4. The molecule has 0 N–H and O–H groups in total. The number of benzene rings is 10. The van der Waals surface area contributed by atoms with Gasteiger partial charge in [-0.05, 0) is 132 Å². The van der Waals surface area contributed by atoms with E-state index >= 15 is 0 Å². The zero-order chi connectivity index (χ0) is 42.5. The quantitative estimate of drug-likeness (QED) is 0.148. The van der Waals surface area contributed by atoms with Crippen molar-refractivity contribution >= 4 is 38.6 Å². The standard InChI is InChI=1S/C63H49N/c1-3-19-46(20-4-1)54-31-15-22-47-23-16-32-58(62(47)54)57-30-11-14-35-61(57)64(52-40-38-45(39-41-52)49-37-36-44-18-7-8-21-48(44)42-49)53-27-17-26-51(43-53)63(50-24-5-2-6-25-50)59-33-12-9-28-55(59)56-29-10-13-34-60(56)63/h2,5-18,21-43,46H,1,3-4,19-20H2. The summed E-state index contributed by atoms with van der Waals surface area (Å²) >= 11 is 0. The first-order valence-electron chi connectivity index (χ1n) is 23.1. The van der Waals surface area contributed by atoms with Crippen molar-refractivity contribution in [2.45, 2.75) is 43.4 Å². The summed E-state index contributed by atoms with van der Waals surface area (Å²) < 4.78 is 0. The van der Waals surface area contributed by atoms with Gasteiger partial charge in [-0.15, -0.1) is 0 Å². The Morgan fingerprint density at radius 1 is 0.359 bits per heavy atom. The molecular weight excluding hydrogens is 771 g/mol. The van der Waals surface area contributed by atoms with E-state index in [1.165, 1.54) is 115 Å². The lowest BCUT2D eigenvalue weighted by molar-refractivity contribution is 0.445. The second-order valence-electron chi connectivity index (χ2n) is 17.8. The number of rotatable bonds is 8. The molecule has 306 valence electrons. The van der Waals surface area contributed by atoms with E-state index in [4.69, 9.17) is 0 Å². The average molecular weight is 820 g/mol. The molecule has 10 aromatic rings. The van der Waals surface area contributed by atoms with Crippen molar-refractivity contribution in [3.05, 3.63) is 258 Å². The van der Waals surface area contributed by atoms with Crippen molar-refractivity contribution in [3.63, 3.8) is 0 Å². The number of fused-ring (bicyclic) bond motifs is 5. The van der Waals surface area contributed by atoms with E-state index in [2.05, 4.69) is 235 Å². The van der Waals surface area contributed by atoms with Gasteiger partial charge in [-0.2, -0.15) is 0 Å². The van der Waals surface area contributed by atoms with Crippen LogP contribution < -0.4 is 4.90 Å². The molecule has 10 aromatic carbocycles. The number of anilines is 3. The molecule has 0 amide bonds. The van der Waals surface area contributed by atoms with Gasteiger partial charge in [0, 0.05) is 16.9 Å². The summed E-state index contributed by atoms with van der Waals surface area (Å²) in [5, 5.41) is 5.21. The molecule has 64 heavy (non-hydrogen) atoms. The molecule has 0 aromatic heterocycles. The molecule has 0 spiro atoms. The molecule has 0 radical (unpaired) electrons. The van der Waals surface area contributed by atoms with Crippen LogP contribution in [0.25, 0.3) is 54.9 Å². The van der Waals surface area contributed by atoms with E-state index in [1.807, 2.05) is 0 Å². The fraction of sp³-hybridized carbons (Fsp3) is 0.111. The highest BCUT2D eigenvalue weighted by molar-refractivity contribution is 6.03. The number of hydrogen-bond donors (Lipinski definition) is 0. The molecule has 1 heteroatoms. The Kier molecular flexibility index (Phi) is 9.56. The summed E-state index contributed by atoms with van der Waals surface area (Å²) in [6.45, 7) is 0. The van der Waals surface area contributed by atoms with Crippen molar-refractivity contribution < 1.29 is 0 Å². The molecule has 1 fully saturated rings. The second-order valence-corrected chi connectivity index (χ2v) is 17.8. The maximum Gasteiger partial charge on any atom is 0.0714 e. The summed E-state index contributed by atoms with van der Waals surface area (Å²) in [7, 11) is 0. The van der Waals surface area contributed by atoms with E-state index in [-0.39, 0.29) is 0 Å². The minimum Gasteiger partial charge on any atom is -0.310 e. The highest BCUT2D eigenvalue weighted by Gasteiger charge is 2.46. The number of para-hydroxylation sites is 1. The molecule has 1 nitrogen and oxygen atoms in total. The largest absolute Gasteiger partial charge is 0.310 e. The first kappa shape index (κ1) is 38.2. The second kappa shape index (κ2) is 16.0. The Morgan fingerprint density at radius 3 is 1.70 bits per heavy atom. The van der Waals surface area contributed by atoms with Crippen LogP contribution >= 0.6 is 0 Å². The maximum atomic E-state index is 2.51. The van der Waals surface area contributed by atoms with Gasteiger partial charge in [0.05, 0.1) is 11.1 Å². The van der Waals surface area contributed by atoms with Crippen molar-refractivity contribution in [2.75, 3.05) is 4.90 Å². The highest BCUT2D eigenvalue weighted by atomic mass is 15.1. The first-order chi connectivity index (χ1) is 31.8. The molecule has 0 saturated heterocycles. The molecule has 0 bridgehead atoms. The summed E-state index contributed by atoms with van der Waals surface area (Å²) in [5.41, 5.74) is 17.0. The molecule has 1 saturated carbocycles. The normalized spacial score (nSPS) is 14.3. The van der Waals surface area contributed by atoms with Crippen LogP contribution in [0.2, 0.25) is 0 Å². The van der Waals surface area contributed by atoms with Crippen LogP contribution in [0.5, 0.6) is 0 Å². The number of hydrogen-bond acceptors (Lipinski definition) is 1. The minimum absolute atomic E-state index is 0.514. The van der Waals surface area contributed by atoms with Crippen LogP contribution in [-0.4, -0.2) is 0 Å². The smallest absolute Gasteiger partial charge is 0.0714 e. The van der Waals surface area contributed by atoms with Gasteiger partial charge in [-0.1, -0.05) is 213 Å². The lowest BCUT2D eigenvalue weighted by Gasteiger charge is -2.35. The van der Waals surface area contributed by atoms with Crippen LogP contribution in [-0.2, 0) is 5.41 Å². The highest BCUT2D eigenvalue weighted by Crippen LogP contribution is 2.57. The molecule has 0 unspecified atom stereocenters. The summed E-state index contributed by atoms with van der Waals surface area (Å²) in [6, 6.07) is 86.3. The monoisotopic (exact) mass is 819 g/mol. The first-order valence-corrected chi connectivity index (χ1v) is 23.1. The Morgan fingerprint density at radius 2 is 0.938 bits per heavy atom. The van der Waals surface area contributed by atoms with Gasteiger partial charge in [0.2, 0.25) is 0 Å². The average Bonchev–Trinajstić information content (AvgIpc) is 3.68. The molecule has 0 atom stereocenters. The lowest BCUT2D eigenvalue weighted by Crippen LogP contribution is -2.28. The number of nitrogens with zero attached hydrogens (tertiary/aromatic N) is 1. The van der Waals surface area contributed by atoms with Crippen LogP contribution in [0.3, 0.4) is 0 Å². The SMILES string of the molecule is c1ccc(C2(c3cccc(N(c4ccc(-c5ccc6ccccc6c5)cc4)c4ccccc4-c4cccc5cccc(C6CCCCC6)c45)c3)c3ccccc3-c3ccccc32)cc1. The molecular formula is C63H49N. The van der Waals surface area contributed by atoms with Crippen molar-refractivity contribution in [1.82, 2.24) is 0 Å². The van der Waals surface area contributed by atoms with E-state index in [0.29, 0.717) is 5.92 Å².